The molecule has 10 heteroatoms. The maximum atomic E-state index is 13.2. The van der Waals surface area contributed by atoms with Crippen LogP contribution in [0.15, 0.2) is 57.2 Å². The van der Waals surface area contributed by atoms with Gasteiger partial charge in [-0.05, 0) is 68.6 Å². The van der Waals surface area contributed by atoms with Crippen LogP contribution in [0.4, 0.5) is 17.5 Å². The molecule has 35 heavy (non-hydrogen) atoms. The molecule has 2 aromatic heterocycles. The van der Waals surface area contributed by atoms with E-state index in [2.05, 4.69) is 29.9 Å². The Kier molecular flexibility index (Phi) is 8.72. The Bertz CT molecular complexity index is 1200. The van der Waals surface area contributed by atoms with Gasteiger partial charge in [-0.3, -0.25) is 0 Å². The van der Waals surface area contributed by atoms with Gasteiger partial charge in [0.05, 0.1) is 28.4 Å². The van der Waals surface area contributed by atoms with Crippen LogP contribution in [0.2, 0.25) is 0 Å². The summed E-state index contributed by atoms with van der Waals surface area (Å²) in [6.07, 6.45) is 7.28. The van der Waals surface area contributed by atoms with Crippen LogP contribution in [-0.4, -0.2) is 69.3 Å². The number of nitrogens with zero attached hydrogens (tertiary/aromatic N) is 4. The number of nitrogens with one attached hydrogen (secondary N) is 2. The van der Waals surface area contributed by atoms with E-state index in [1.54, 1.807) is 23.8 Å². The highest BCUT2D eigenvalue weighted by atomic mass is 32.2. The molecule has 188 valence electrons. The van der Waals surface area contributed by atoms with Crippen molar-refractivity contribution in [2.75, 3.05) is 49.7 Å². The van der Waals surface area contributed by atoms with Gasteiger partial charge in [0.25, 0.3) is 0 Å². The van der Waals surface area contributed by atoms with Crippen LogP contribution in [0, 0.1) is 0 Å². The first kappa shape index (κ1) is 25.6. The van der Waals surface area contributed by atoms with Gasteiger partial charge in [-0.1, -0.05) is 12.5 Å². The van der Waals surface area contributed by atoms with Crippen LogP contribution >= 0.6 is 11.3 Å². The summed E-state index contributed by atoms with van der Waals surface area (Å²) < 4.78 is 17.7. The Hall–Kier alpha value is -2.53. The molecule has 0 amide bonds. The van der Waals surface area contributed by atoms with E-state index in [9.17, 15) is 9.32 Å². The number of rotatable bonds is 10. The highest BCUT2D eigenvalue weighted by Gasteiger charge is 2.14. The molecule has 1 fully saturated rings. The first-order valence-corrected chi connectivity index (χ1v) is 14.8. The molecule has 1 aliphatic rings. The number of hydrogen-bond donors (Lipinski definition) is 3. The van der Waals surface area contributed by atoms with Crippen molar-refractivity contribution in [3.05, 3.63) is 48.0 Å². The normalized spacial score (nSPS) is 16.9. The Morgan fingerprint density at radius 3 is 2.66 bits per heavy atom. The van der Waals surface area contributed by atoms with Gasteiger partial charge in [-0.15, -0.1) is 11.3 Å². The Labute approximate surface area is 212 Å². The van der Waals surface area contributed by atoms with E-state index in [-0.39, 0.29) is 12.6 Å². The van der Waals surface area contributed by atoms with Crippen molar-refractivity contribution in [1.82, 2.24) is 14.9 Å². The number of thiophene rings is 1. The molecule has 0 radical (unpaired) electrons. The second-order valence-corrected chi connectivity index (χ2v) is 12.2. The lowest BCUT2D eigenvalue weighted by Gasteiger charge is -2.25. The summed E-state index contributed by atoms with van der Waals surface area (Å²) in [5.41, 5.74) is 1.68. The minimum atomic E-state index is -2.45. The van der Waals surface area contributed by atoms with Gasteiger partial charge in [0.15, 0.2) is 0 Å². The molecule has 0 aliphatic carbocycles. The third-order valence-corrected chi connectivity index (χ3v) is 8.71. The molecule has 1 unspecified atom stereocenters. The Balaban J connectivity index is 1.45. The topological polar surface area (TPSA) is 103 Å². The number of piperidine rings is 1. The molecule has 2 atom stereocenters. The van der Waals surface area contributed by atoms with Crippen molar-refractivity contribution in [3.8, 4) is 10.4 Å². The zero-order valence-electron chi connectivity index (χ0n) is 20.3. The number of aliphatic hydroxyl groups excluding tert-OH is 1. The van der Waals surface area contributed by atoms with E-state index < -0.39 is 9.73 Å². The van der Waals surface area contributed by atoms with Crippen LogP contribution in [0.3, 0.4) is 0 Å². The van der Waals surface area contributed by atoms with Crippen molar-refractivity contribution >= 4 is 38.5 Å². The van der Waals surface area contributed by atoms with E-state index >= 15 is 0 Å². The first-order valence-electron chi connectivity index (χ1n) is 12.0. The number of likely N-dealkylation sites (tertiary alicyclic amines) is 1. The van der Waals surface area contributed by atoms with Crippen molar-refractivity contribution in [2.24, 2.45) is 4.36 Å². The number of anilines is 3. The smallest absolute Gasteiger partial charge is 0.229 e. The largest absolute Gasteiger partial charge is 0.394 e. The highest BCUT2D eigenvalue weighted by Crippen LogP contribution is 2.31. The molecule has 1 aromatic carbocycles. The van der Waals surface area contributed by atoms with E-state index in [4.69, 9.17) is 0 Å². The molecule has 8 nitrogen and oxygen atoms in total. The van der Waals surface area contributed by atoms with Crippen LogP contribution in [0.25, 0.3) is 10.4 Å². The van der Waals surface area contributed by atoms with Gasteiger partial charge in [0, 0.05) is 40.5 Å². The van der Waals surface area contributed by atoms with Gasteiger partial charge < -0.3 is 20.6 Å². The van der Waals surface area contributed by atoms with E-state index in [0.717, 1.165) is 40.7 Å². The summed E-state index contributed by atoms with van der Waals surface area (Å²) in [6, 6.07) is 11.3. The molecule has 0 spiro atoms. The average Bonchev–Trinajstić information content (AvgIpc) is 3.40. The Morgan fingerprint density at radius 1 is 1.20 bits per heavy atom. The molecule has 3 N–H and O–H groups in total. The number of aliphatic hydroxyl groups is 1. The van der Waals surface area contributed by atoms with E-state index in [1.165, 1.54) is 19.3 Å². The molecule has 0 bridgehead atoms. The summed E-state index contributed by atoms with van der Waals surface area (Å²) in [5, 5.41) is 18.0. The zero-order valence-corrected chi connectivity index (χ0v) is 21.9. The maximum absolute atomic E-state index is 13.2. The van der Waals surface area contributed by atoms with Crippen molar-refractivity contribution in [1.29, 1.82) is 0 Å². The minimum Gasteiger partial charge on any atom is -0.394 e. The summed E-state index contributed by atoms with van der Waals surface area (Å²) >= 11 is 1.61. The number of aromatic nitrogens is 2. The lowest BCUT2D eigenvalue weighted by molar-refractivity contribution is 0.235. The lowest BCUT2D eigenvalue weighted by Crippen LogP contribution is -2.31. The fourth-order valence-corrected chi connectivity index (χ4v) is 5.93. The first-order chi connectivity index (χ1) is 16.9. The minimum absolute atomic E-state index is 0.00249. The fraction of sp³-hybridized carbons (Fsp3) is 0.440. The van der Waals surface area contributed by atoms with Gasteiger partial charge in [-0.2, -0.15) is 4.98 Å². The second kappa shape index (κ2) is 11.9. The second-order valence-electron chi connectivity index (χ2n) is 8.87. The third kappa shape index (κ3) is 7.00. The summed E-state index contributed by atoms with van der Waals surface area (Å²) in [7, 11) is -2.45. The summed E-state index contributed by atoms with van der Waals surface area (Å²) in [4.78, 5) is 13.3. The third-order valence-electron chi connectivity index (χ3n) is 5.98. The van der Waals surface area contributed by atoms with Crippen molar-refractivity contribution in [3.63, 3.8) is 0 Å². The predicted octanol–water partition coefficient (Wildman–Crippen LogP) is 4.68. The molecule has 3 heterocycles. The van der Waals surface area contributed by atoms with Crippen molar-refractivity contribution in [2.45, 2.75) is 37.1 Å². The fourth-order valence-electron chi connectivity index (χ4n) is 3.98. The standard InChI is InChI=1S/C25H34N6O2S2/c1-19(18-32)28-24-22(23-7-6-16-34-23)17-26-25(30-24)29-20-8-10-21(11-9-20)35(2,33)27-12-15-31-13-4-3-5-14-31/h6-11,16-17,19,32H,3-5,12-15,18H2,1-2H3,(H2,26,28,29,30)/t19-,35?/m1/s1. The van der Waals surface area contributed by atoms with E-state index in [1.807, 2.05) is 48.7 Å². The number of benzene rings is 1. The molecule has 0 saturated carbocycles. The summed E-state index contributed by atoms with van der Waals surface area (Å²) in [6.45, 7) is 5.58. The van der Waals surface area contributed by atoms with Gasteiger partial charge in [-0.25, -0.2) is 13.6 Å². The zero-order chi connectivity index (χ0) is 24.7. The molecule has 1 aliphatic heterocycles. The number of hydrogen-bond acceptors (Lipinski definition) is 9. The SMILES string of the molecule is C[C@H](CO)Nc1nc(Nc2ccc(S(C)(=O)=NCCN3CCCCC3)cc2)ncc1-c1cccs1. The molecular weight excluding hydrogens is 480 g/mol. The molecule has 4 rings (SSSR count). The van der Waals surface area contributed by atoms with Crippen molar-refractivity contribution < 1.29 is 9.32 Å². The lowest BCUT2D eigenvalue weighted by atomic mass is 10.1. The Morgan fingerprint density at radius 2 is 1.97 bits per heavy atom. The maximum Gasteiger partial charge on any atom is 0.229 e. The predicted molar refractivity (Wildman–Crippen MR) is 145 cm³/mol. The van der Waals surface area contributed by atoms with Crippen LogP contribution < -0.4 is 10.6 Å². The van der Waals surface area contributed by atoms with Gasteiger partial charge in [0.2, 0.25) is 5.95 Å². The quantitative estimate of drug-likeness (QED) is 0.361. The van der Waals surface area contributed by atoms with Crippen LogP contribution in [0.1, 0.15) is 26.2 Å². The van der Waals surface area contributed by atoms with Crippen LogP contribution in [0.5, 0.6) is 0 Å². The average molecular weight is 515 g/mol. The summed E-state index contributed by atoms with van der Waals surface area (Å²) in [5.74, 6) is 1.10. The van der Waals surface area contributed by atoms with Gasteiger partial charge in [0.1, 0.15) is 5.82 Å². The molecule has 1 saturated heterocycles. The molecular formula is C25H34N6O2S2. The van der Waals surface area contributed by atoms with Crippen LogP contribution in [-0.2, 0) is 9.73 Å². The highest BCUT2D eigenvalue weighted by molar-refractivity contribution is 7.93. The van der Waals surface area contributed by atoms with E-state index in [0.29, 0.717) is 18.3 Å². The molecule has 3 aromatic rings. The monoisotopic (exact) mass is 514 g/mol. The van der Waals surface area contributed by atoms with Gasteiger partial charge >= 0.3 is 0 Å².